The van der Waals surface area contributed by atoms with E-state index < -0.39 is 23.5 Å². The molecule has 2 aromatic heterocycles. The van der Waals surface area contributed by atoms with Crippen LogP contribution in [0.5, 0.6) is 11.5 Å². The average Bonchev–Trinajstić information content (AvgIpc) is 3.62. The maximum atomic E-state index is 13.6. The monoisotopic (exact) mass is 546 g/mol. The second-order valence-electron chi connectivity index (χ2n) is 9.27. The Morgan fingerprint density at radius 3 is 2.64 bits per heavy atom. The number of thiazole rings is 1. The molecule has 1 atom stereocenters. The summed E-state index contributed by atoms with van der Waals surface area (Å²) < 4.78 is 18.0. The number of hydrogen-bond acceptors (Lipinski definition) is 8. The number of furan rings is 1. The SMILES string of the molecule is CCCCCOc1cccc(C2C(C(=O)c3ccc(C)o3)=C(O)C(=O)N2c2nc3ccc(OCC)cc3s2)c1. The van der Waals surface area contributed by atoms with Crippen molar-refractivity contribution in [3.05, 3.63) is 83.0 Å². The molecular formula is C30H30N2O6S. The van der Waals surface area contributed by atoms with Crippen molar-refractivity contribution in [1.82, 2.24) is 4.98 Å². The van der Waals surface area contributed by atoms with E-state index in [1.165, 1.54) is 16.2 Å². The molecule has 0 aliphatic carbocycles. The number of amides is 1. The summed E-state index contributed by atoms with van der Waals surface area (Å²) >= 11 is 1.29. The number of aliphatic hydroxyl groups excluding tert-OH is 1. The average molecular weight is 547 g/mol. The van der Waals surface area contributed by atoms with E-state index in [2.05, 4.69) is 11.9 Å². The Hall–Kier alpha value is -4.11. The number of Topliss-reactive ketones (excluding diaryl/α,β-unsaturated/α-hetero) is 1. The van der Waals surface area contributed by atoms with E-state index >= 15 is 0 Å². The van der Waals surface area contributed by atoms with Gasteiger partial charge in [-0.2, -0.15) is 0 Å². The quantitative estimate of drug-likeness (QED) is 0.160. The minimum atomic E-state index is -0.929. The van der Waals surface area contributed by atoms with Crippen LogP contribution in [0.2, 0.25) is 0 Å². The zero-order chi connectivity index (χ0) is 27.5. The zero-order valence-corrected chi connectivity index (χ0v) is 22.9. The number of unbranched alkanes of at least 4 members (excludes halogenated alkanes) is 2. The molecule has 1 aliphatic rings. The second-order valence-corrected chi connectivity index (χ2v) is 10.3. The summed E-state index contributed by atoms with van der Waals surface area (Å²) in [6.45, 7) is 6.85. The van der Waals surface area contributed by atoms with Crippen LogP contribution >= 0.6 is 11.3 Å². The van der Waals surface area contributed by atoms with Crippen molar-refractivity contribution >= 4 is 38.4 Å². The molecule has 1 N–H and O–H groups in total. The molecule has 0 spiro atoms. The molecule has 1 aliphatic heterocycles. The number of ether oxygens (including phenoxy) is 2. The van der Waals surface area contributed by atoms with Crippen molar-refractivity contribution < 1.29 is 28.6 Å². The highest BCUT2D eigenvalue weighted by atomic mass is 32.1. The lowest BCUT2D eigenvalue weighted by Crippen LogP contribution is -2.31. The fraction of sp³-hybridized carbons (Fsp3) is 0.300. The molecule has 2 aromatic carbocycles. The van der Waals surface area contributed by atoms with Gasteiger partial charge in [-0.1, -0.05) is 43.2 Å². The third-order valence-corrected chi connectivity index (χ3v) is 7.49. The van der Waals surface area contributed by atoms with Crippen LogP contribution in [-0.4, -0.2) is 35.0 Å². The molecule has 1 amide bonds. The molecule has 9 heteroatoms. The molecular weight excluding hydrogens is 516 g/mol. The number of hydrogen-bond donors (Lipinski definition) is 1. The second kappa shape index (κ2) is 11.3. The normalized spacial score (nSPS) is 15.4. The van der Waals surface area contributed by atoms with Gasteiger partial charge in [0.05, 0.1) is 35.0 Å². The van der Waals surface area contributed by atoms with Crippen molar-refractivity contribution in [2.75, 3.05) is 18.1 Å². The Kier molecular flexibility index (Phi) is 7.70. The summed E-state index contributed by atoms with van der Waals surface area (Å²) in [5.74, 6) is 0.0282. The number of anilines is 1. The van der Waals surface area contributed by atoms with Crippen LogP contribution in [0.3, 0.4) is 0 Å². The summed E-state index contributed by atoms with van der Waals surface area (Å²) in [6, 6.07) is 15.1. The lowest BCUT2D eigenvalue weighted by atomic mass is 9.95. The van der Waals surface area contributed by atoms with Gasteiger partial charge in [-0.15, -0.1) is 0 Å². The molecule has 8 nitrogen and oxygen atoms in total. The molecule has 3 heterocycles. The molecule has 0 bridgehead atoms. The van der Waals surface area contributed by atoms with Crippen LogP contribution in [0.1, 0.15) is 61.0 Å². The van der Waals surface area contributed by atoms with Gasteiger partial charge in [0.15, 0.2) is 16.7 Å². The standard InChI is InChI=1S/C30H30N2O6S/c1-4-6-7-15-37-20-10-8-9-19(16-20)26-25(27(33)23-14-11-18(3)38-23)28(34)29(35)32(26)30-31-22-13-12-21(36-5-2)17-24(22)39-30/h8-14,16-17,26,34H,4-7,15H2,1-3H3. The Labute approximate surface area is 230 Å². The first kappa shape index (κ1) is 26.5. The first-order valence-corrected chi connectivity index (χ1v) is 13.9. The van der Waals surface area contributed by atoms with Gasteiger partial charge in [-0.05, 0) is 68.3 Å². The van der Waals surface area contributed by atoms with Crippen LogP contribution in [-0.2, 0) is 4.79 Å². The van der Waals surface area contributed by atoms with Gasteiger partial charge >= 0.3 is 0 Å². The van der Waals surface area contributed by atoms with E-state index in [9.17, 15) is 14.7 Å². The molecule has 202 valence electrons. The molecule has 0 radical (unpaired) electrons. The zero-order valence-electron chi connectivity index (χ0n) is 22.1. The van der Waals surface area contributed by atoms with Crippen LogP contribution < -0.4 is 14.4 Å². The van der Waals surface area contributed by atoms with Crippen LogP contribution in [0.4, 0.5) is 5.13 Å². The third-order valence-electron chi connectivity index (χ3n) is 6.47. The number of carbonyl (C=O) groups is 2. The van der Waals surface area contributed by atoms with Crippen LogP contribution in [0, 0.1) is 6.92 Å². The molecule has 1 unspecified atom stereocenters. The first-order valence-electron chi connectivity index (χ1n) is 13.0. The largest absolute Gasteiger partial charge is 0.503 e. The number of ketones is 1. The van der Waals surface area contributed by atoms with Crippen molar-refractivity contribution in [3.8, 4) is 11.5 Å². The number of rotatable bonds is 11. The number of carbonyl (C=O) groups excluding carboxylic acids is 2. The van der Waals surface area contributed by atoms with Gasteiger partial charge in [0, 0.05) is 0 Å². The van der Waals surface area contributed by atoms with Crippen molar-refractivity contribution in [2.24, 2.45) is 0 Å². The van der Waals surface area contributed by atoms with E-state index in [4.69, 9.17) is 13.9 Å². The van der Waals surface area contributed by atoms with Gasteiger partial charge in [0.2, 0.25) is 5.78 Å². The van der Waals surface area contributed by atoms with E-state index in [0.717, 1.165) is 24.0 Å². The maximum absolute atomic E-state index is 13.6. The minimum Gasteiger partial charge on any atom is -0.503 e. The van der Waals surface area contributed by atoms with Gasteiger partial charge in [-0.25, -0.2) is 4.98 Å². The molecule has 0 saturated heterocycles. The molecule has 5 rings (SSSR count). The summed E-state index contributed by atoms with van der Waals surface area (Å²) in [5, 5.41) is 11.4. The van der Waals surface area contributed by atoms with E-state index in [0.29, 0.717) is 46.7 Å². The highest BCUT2D eigenvalue weighted by molar-refractivity contribution is 7.22. The number of nitrogens with zero attached hydrogens (tertiary/aromatic N) is 2. The predicted molar refractivity (Wildman–Crippen MR) is 150 cm³/mol. The number of aliphatic hydroxyl groups is 1. The highest BCUT2D eigenvalue weighted by Crippen LogP contribution is 2.45. The molecule has 0 saturated carbocycles. The topological polar surface area (TPSA) is 102 Å². The fourth-order valence-electron chi connectivity index (χ4n) is 4.61. The first-order chi connectivity index (χ1) is 18.9. The van der Waals surface area contributed by atoms with Crippen molar-refractivity contribution in [3.63, 3.8) is 0 Å². The Morgan fingerprint density at radius 1 is 1.08 bits per heavy atom. The van der Waals surface area contributed by atoms with Crippen LogP contribution in [0.15, 0.2) is 70.3 Å². The molecule has 0 fully saturated rings. The number of aryl methyl sites for hydroxylation is 1. The summed E-state index contributed by atoms with van der Waals surface area (Å²) in [7, 11) is 0. The van der Waals surface area contributed by atoms with E-state index in [-0.39, 0.29) is 11.3 Å². The lowest BCUT2D eigenvalue weighted by Gasteiger charge is -2.24. The van der Waals surface area contributed by atoms with Gasteiger partial charge < -0.3 is 19.0 Å². The smallest absolute Gasteiger partial charge is 0.296 e. The lowest BCUT2D eigenvalue weighted by molar-refractivity contribution is -0.117. The number of benzene rings is 2. The summed E-state index contributed by atoms with van der Waals surface area (Å²) in [6.07, 6.45) is 3.07. The fourth-order valence-corrected chi connectivity index (χ4v) is 5.63. The van der Waals surface area contributed by atoms with E-state index in [1.807, 2.05) is 43.3 Å². The maximum Gasteiger partial charge on any atom is 0.296 e. The van der Waals surface area contributed by atoms with Crippen molar-refractivity contribution in [1.29, 1.82) is 0 Å². The Balaban J connectivity index is 1.58. The van der Waals surface area contributed by atoms with Gasteiger partial charge in [-0.3, -0.25) is 14.5 Å². The Bertz CT molecular complexity index is 1550. The highest BCUT2D eigenvalue weighted by Gasteiger charge is 2.46. The summed E-state index contributed by atoms with van der Waals surface area (Å²) in [4.78, 5) is 33.3. The number of fused-ring (bicyclic) bond motifs is 1. The third kappa shape index (κ3) is 5.27. The Morgan fingerprint density at radius 2 is 1.90 bits per heavy atom. The predicted octanol–water partition coefficient (Wildman–Crippen LogP) is 6.95. The van der Waals surface area contributed by atoms with Gasteiger partial charge in [0.1, 0.15) is 17.3 Å². The number of aromatic nitrogens is 1. The molecule has 4 aromatic rings. The van der Waals surface area contributed by atoms with E-state index in [1.54, 1.807) is 25.1 Å². The summed E-state index contributed by atoms with van der Waals surface area (Å²) in [5.41, 5.74) is 1.23. The minimum absolute atomic E-state index is 0.0475. The van der Waals surface area contributed by atoms with Crippen molar-refractivity contribution in [2.45, 2.75) is 46.1 Å². The molecule has 39 heavy (non-hydrogen) atoms. The van der Waals surface area contributed by atoms with Gasteiger partial charge in [0.25, 0.3) is 5.91 Å². The van der Waals surface area contributed by atoms with Crippen LogP contribution in [0.25, 0.3) is 10.2 Å².